The number of hydrogen-bond donors (Lipinski definition) is 1. The van der Waals surface area contributed by atoms with Gasteiger partial charge in [-0.1, -0.05) is 13.0 Å². The fourth-order valence-electron chi connectivity index (χ4n) is 2.12. The van der Waals surface area contributed by atoms with Crippen molar-refractivity contribution >= 4 is 28.6 Å². The Morgan fingerprint density at radius 3 is 2.67 bits per heavy atom. The number of rotatable bonds is 4. The molecular formula is C15H16N2O3S. The molecule has 110 valence electrons. The Labute approximate surface area is 126 Å². The molecule has 1 aromatic heterocycles. The first-order chi connectivity index (χ1) is 9.93. The standard InChI is InChI=1S/C15H16N2O3S/c1-4-13-9(2)8-14(21-13)15(18)16-11-6-5-7-12(10(11)3)17(19)20/h5-8H,4H2,1-3H3,(H,16,18). The van der Waals surface area contributed by atoms with Gasteiger partial charge < -0.3 is 5.32 Å². The monoisotopic (exact) mass is 304 g/mol. The van der Waals surface area contributed by atoms with Crippen LogP contribution in [0.3, 0.4) is 0 Å². The minimum atomic E-state index is -0.449. The predicted molar refractivity (Wildman–Crippen MR) is 84.2 cm³/mol. The number of amides is 1. The van der Waals surface area contributed by atoms with Gasteiger partial charge in [-0.15, -0.1) is 11.3 Å². The van der Waals surface area contributed by atoms with E-state index in [0.717, 1.165) is 12.0 Å². The van der Waals surface area contributed by atoms with Crippen molar-refractivity contribution in [3.8, 4) is 0 Å². The number of thiophene rings is 1. The van der Waals surface area contributed by atoms with Crippen LogP contribution in [0, 0.1) is 24.0 Å². The summed E-state index contributed by atoms with van der Waals surface area (Å²) in [6.07, 6.45) is 0.889. The summed E-state index contributed by atoms with van der Waals surface area (Å²) in [5, 5.41) is 13.7. The predicted octanol–water partition coefficient (Wildman–Crippen LogP) is 4.09. The maximum Gasteiger partial charge on any atom is 0.274 e. The lowest BCUT2D eigenvalue weighted by molar-refractivity contribution is -0.385. The van der Waals surface area contributed by atoms with Crippen LogP contribution in [0.4, 0.5) is 11.4 Å². The molecule has 2 aromatic rings. The van der Waals surface area contributed by atoms with E-state index < -0.39 is 4.92 Å². The highest BCUT2D eigenvalue weighted by molar-refractivity contribution is 7.14. The second-order valence-electron chi connectivity index (χ2n) is 4.73. The normalized spacial score (nSPS) is 10.4. The van der Waals surface area contributed by atoms with Crippen LogP contribution in [0.1, 0.15) is 32.6 Å². The molecule has 1 heterocycles. The molecule has 0 saturated heterocycles. The first kappa shape index (κ1) is 15.2. The van der Waals surface area contributed by atoms with Crippen molar-refractivity contribution in [1.29, 1.82) is 0 Å². The number of nitrogens with zero attached hydrogens (tertiary/aromatic N) is 1. The number of carbonyl (C=O) groups excluding carboxylic acids is 1. The van der Waals surface area contributed by atoms with Crippen molar-refractivity contribution in [2.45, 2.75) is 27.2 Å². The highest BCUT2D eigenvalue weighted by atomic mass is 32.1. The highest BCUT2D eigenvalue weighted by Gasteiger charge is 2.17. The molecular weight excluding hydrogens is 288 g/mol. The molecule has 0 aliphatic heterocycles. The van der Waals surface area contributed by atoms with Gasteiger partial charge in [-0.25, -0.2) is 0 Å². The van der Waals surface area contributed by atoms with Crippen LogP contribution in [0.5, 0.6) is 0 Å². The smallest absolute Gasteiger partial charge is 0.274 e. The lowest BCUT2D eigenvalue weighted by Crippen LogP contribution is -2.11. The molecule has 21 heavy (non-hydrogen) atoms. The molecule has 1 amide bonds. The van der Waals surface area contributed by atoms with Gasteiger partial charge in [0, 0.05) is 10.9 Å². The van der Waals surface area contributed by atoms with Crippen LogP contribution in [-0.2, 0) is 6.42 Å². The van der Waals surface area contributed by atoms with Crippen molar-refractivity contribution < 1.29 is 9.72 Å². The Balaban J connectivity index is 2.27. The molecule has 0 saturated carbocycles. The zero-order valence-electron chi connectivity index (χ0n) is 12.1. The SMILES string of the molecule is CCc1sc(C(=O)Nc2cccc([N+](=O)[O-])c2C)cc1C. The lowest BCUT2D eigenvalue weighted by Gasteiger charge is -2.07. The van der Waals surface area contributed by atoms with Crippen LogP contribution < -0.4 is 5.32 Å². The number of carbonyl (C=O) groups is 1. The number of hydrogen-bond acceptors (Lipinski definition) is 4. The van der Waals surface area contributed by atoms with E-state index >= 15 is 0 Å². The minimum absolute atomic E-state index is 0.00408. The molecule has 0 aliphatic rings. The number of anilines is 1. The molecule has 0 unspecified atom stereocenters. The topological polar surface area (TPSA) is 72.2 Å². The first-order valence-electron chi connectivity index (χ1n) is 6.58. The van der Waals surface area contributed by atoms with E-state index in [2.05, 4.69) is 5.32 Å². The largest absolute Gasteiger partial charge is 0.321 e. The maximum absolute atomic E-state index is 12.3. The van der Waals surface area contributed by atoms with Gasteiger partial charge in [-0.3, -0.25) is 14.9 Å². The number of benzene rings is 1. The van der Waals surface area contributed by atoms with E-state index in [1.54, 1.807) is 19.1 Å². The summed E-state index contributed by atoms with van der Waals surface area (Å²) < 4.78 is 0. The van der Waals surface area contributed by atoms with Gasteiger partial charge in [0.05, 0.1) is 21.1 Å². The van der Waals surface area contributed by atoms with Gasteiger partial charge in [-0.05, 0) is 38.0 Å². The molecule has 0 atom stereocenters. The molecule has 2 rings (SSSR count). The second-order valence-corrected chi connectivity index (χ2v) is 5.87. The van der Waals surface area contributed by atoms with E-state index in [1.807, 2.05) is 19.9 Å². The molecule has 0 bridgehead atoms. The third-order valence-corrected chi connectivity index (χ3v) is 4.70. The van der Waals surface area contributed by atoms with Crippen molar-refractivity contribution in [2.24, 2.45) is 0 Å². The third-order valence-electron chi connectivity index (χ3n) is 3.32. The van der Waals surface area contributed by atoms with Crippen LogP contribution in [0.15, 0.2) is 24.3 Å². The van der Waals surface area contributed by atoms with E-state index in [-0.39, 0.29) is 11.6 Å². The lowest BCUT2D eigenvalue weighted by atomic mass is 10.1. The van der Waals surface area contributed by atoms with E-state index in [1.165, 1.54) is 22.3 Å². The Hall–Kier alpha value is -2.21. The van der Waals surface area contributed by atoms with E-state index in [4.69, 9.17) is 0 Å². The second kappa shape index (κ2) is 6.05. The summed E-state index contributed by atoms with van der Waals surface area (Å²) in [5.41, 5.74) is 2.03. The van der Waals surface area contributed by atoms with E-state index in [9.17, 15) is 14.9 Å². The van der Waals surface area contributed by atoms with Gasteiger partial charge in [-0.2, -0.15) is 0 Å². The first-order valence-corrected chi connectivity index (χ1v) is 7.40. The van der Waals surface area contributed by atoms with Gasteiger partial charge >= 0.3 is 0 Å². The molecule has 6 heteroatoms. The number of nitrogens with one attached hydrogen (secondary N) is 1. The van der Waals surface area contributed by atoms with Crippen LogP contribution >= 0.6 is 11.3 Å². The Kier molecular flexibility index (Phi) is 4.37. The maximum atomic E-state index is 12.3. The van der Waals surface area contributed by atoms with Gasteiger partial charge in [0.2, 0.25) is 0 Å². The fraction of sp³-hybridized carbons (Fsp3) is 0.267. The molecule has 1 N–H and O–H groups in total. The molecule has 5 nitrogen and oxygen atoms in total. The summed E-state index contributed by atoms with van der Waals surface area (Å²) in [5.74, 6) is -0.230. The number of aryl methyl sites for hydroxylation is 2. The quantitative estimate of drug-likeness (QED) is 0.683. The zero-order chi connectivity index (χ0) is 15.6. The minimum Gasteiger partial charge on any atom is -0.321 e. The van der Waals surface area contributed by atoms with Crippen LogP contribution in [0.25, 0.3) is 0 Å². The Morgan fingerprint density at radius 1 is 1.38 bits per heavy atom. The summed E-state index contributed by atoms with van der Waals surface area (Å²) >= 11 is 1.46. The summed E-state index contributed by atoms with van der Waals surface area (Å²) in [6, 6.07) is 6.51. The Morgan fingerprint density at radius 2 is 2.10 bits per heavy atom. The Bertz CT molecular complexity index is 707. The third kappa shape index (κ3) is 3.11. The average Bonchev–Trinajstić information content (AvgIpc) is 2.82. The van der Waals surface area contributed by atoms with Crippen molar-refractivity contribution in [2.75, 3.05) is 5.32 Å². The average molecular weight is 304 g/mol. The van der Waals surface area contributed by atoms with Gasteiger partial charge in [0.25, 0.3) is 11.6 Å². The zero-order valence-corrected chi connectivity index (χ0v) is 12.9. The van der Waals surface area contributed by atoms with Crippen molar-refractivity contribution in [3.63, 3.8) is 0 Å². The molecule has 0 radical (unpaired) electrons. The number of nitro groups is 1. The van der Waals surface area contributed by atoms with E-state index in [0.29, 0.717) is 16.1 Å². The number of nitro benzene ring substituents is 1. The summed E-state index contributed by atoms with van der Waals surface area (Å²) in [6.45, 7) is 5.65. The molecule has 0 fully saturated rings. The summed E-state index contributed by atoms with van der Waals surface area (Å²) in [7, 11) is 0. The molecule has 0 spiro atoms. The van der Waals surface area contributed by atoms with Crippen molar-refractivity contribution in [1.82, 2.24) is 0 Å². The van der Waals surface area contributed by atoms with Gasteiger partial charge in [0.1, 0.15) is 0 Å². The molecule has 1 aromatic carbocycles. The molecule has 0 aliphatic carbocycles. The van der Waals surface area contributed by atoms with Crippen LogP contribution in [-0.4, -0.2) is 10.8 Å². The van der Waals surface area contributed by atoms with Crippen LogP contribution in [0.2, 0.25) is 0 Å². The van der Waals surface area contributed by atoms with Crippen molar-refractivity contribution in [3.05, 3.63) is 55.3 Å². The van der Waals surface area contributed by atoms with Gasteiger partial charge in [0.15, 0.2) is 0 Å². The highest BCUT2D eigenvalue weighted by Crippen LogP contribution is 2.27. The fourth-order valence-corrected chi connectivity index (χ4v) is 3.13. The summed E-state index contributed by atoms with van der Waals surface area (Å²) in [4.78, 5) is 24.5.